The van der Waals surface area contributed by atoms with Gasteiger partial charge in [-0.3, -0.25) is 9.78 Å². The van der Waals surface area contributed by atoms with Crippen molar-refractivity contribution < 1.29 is 9.90 Å². The number of rotatable bonds is 2. The van der Waals surface area contributed by atoms with E-state index in [1.54, 1.807) is 6.20 Å². The van der Waals surface area contributed by atoms with Crippen LogP contribution in [0.3, 0.4) is 0 Å². The summed E-state index contributed by atoms with van der Waals surface area (Å²) in [6.45, 7) is 0.580. The Morgan fingerprint density at radius 2 is 1.86 bits per heavy atom. The summed E-state index contributed by atoms with van der Waals surface area (Å²) in [4.78, 5) is 19.9. The number of hydrogen-bond donors (Lipinski definition) is 1. The highest BCUT2D eigenvalue weighted by molar-refractivity contribution is 5.98. The van der Waals surface area contributed by atoms with E-state index in [2.05, 4.69) is 4.98 Å². The highest BCUT2D eigenvalue weighted by Gasteiger charge is 2.50. The minimum atomic E-state index is -0.851. The van der Waals surface area contributed by atoms with E-state index in [0.29, 0.717) is 18.5 Å². The van der Waals surface area contributed by atoms with Crippen molar-refractivity contribution in [3.8, 4) is 0 Å². The van der Waals surface area contributed by atoms with Crippen molar-refractivity contribution in [1.82, 2.24) is 9.88 Å². The molecule has 1 aliphatic heterocycles. The SMILES string of the molecule is O=C(c1ccc2ncccc2c1)N1CCC(O)(c2ccccc2)C2CCCCC21. The molecule has 5 rings (SSSR count). The molecule has 2 fully saturated rings. The number of carbonyl (C=O) groups excluding carboxylic acids is 1. The molecule has 0 radical (unpaired) electrons. The molecule has 1 aliphatic carbocycles. The van der Waals surface area contributed by atoms with Gasteiger partial charge in [-0.05, 0) is 49.1 Å². The monoisotopic (exact) mass is 386 g/mol. The van der Waals surface area contributed by atoms with Gasteiger partial charge in [-0.25, -0.2) is 0 Å². The maximum atomic E-state index is 13.5. The molecule has 2 aromatic carbocycles. The van der Waals surface area contributed by atoms with E-state index in [-0.39, 0.29) is 17.9 Å². The lowest BCUT2D eigenvalue weighted by Gasteiger charge is -2.52. The molecule has 1 saturated heterocycles. The topological polar surface area (TPSA) is 53.4 Å². The highest BCUT2D eigenvalue weighted by atomic mass is 16.3. The molecule has 1 saturated carbocycles. The first kappa shape index (κ1) is 18.3. The zero-order chi connectivity index (χ0) is 19.8. The van der Waals surface area contributed by atoms with Gasteiger partial charge in [0.15, 0.2) is 0 Å². The van der Waals surface area contributed by atoms with Crippen molar-refractivity contribution in [3.63, 3.8) is 0 Å². The Kier molecular flexibility index (Phi) is 4.59. The number of fused-ring (bicyclic) bond motifs is 2. The molecular formula is C25H26N2O2. The molecule has 4 heteroatoms. The Morgan fingerprint density at radius 1 is 1.03 bits per heavy atom. The summed E-state index contributed by atoms with van der Waals surface area (Å²) < 4.78 is 0. The summed E-state index contributed by atoms with van der Waals surface area (Å²) in [5.41, 5.74) is 1.74. The van der Waals surface area contributed by atoms with Crippen molar-refractivity contribution in [3.05, 3.63) is 78.0 Å². The predicted molar refractivity (Wildman–Crippen MR) is 113 cm³/mol. The largest absolute Gasteiger partial charge is 0.385 e. The summed E-state index contributed by atoms with van der Waals surface area (Å²) >= 11 is 0. The zero-order valence-corrected chi connectivity index (χ0v) is 16.5. The van der Waals surface area contributed by atoms with Gasteiger partial charge in [0.05, 0.1) is 11.1 Å². The molecule has 0 bridgehead atoms. The van der Waals surface area contributed by atoms with Crippen LogP contribution in [0.4, 0.5) is 0 Å². The van der Waals surface area contributed by atoms with E-state index in [4.69, 9.17) is 0 Å². The van der Waals surface area contributed by atoms with Crippen LogP contribution < -0.4 is 0 Å². The van der Waals surface area contributed by atoms with Gasteiger partial charge in [-0.1, -0.05) is 49.2 Å². The summed E-state index contributed by atoms with van der Waals surface area (Å²) in [6, 6.07) is 19.7. The van der Waals surface area contributed by atoms with Crippen molar-refractivity contribution in [2.45, 2.75) is 43.7 Å². The first-order valence-corrected chi connectivity index (χ1v) is 10.6. The minimum Gasteiger partial charge on any atom is -0.385 e. The molecule has 0 spiro atoms. The first-order valence-electron chi connectivity index (χ1n) is 10.6. The number of nitrogens with zero attached hydrogens (tertiary/aromatic N) is 2. The third kappa shape index (κ3) is 3.12. The number of pyridine rings is 1. The summed E-state index contributed by atoms with van der Waals surface area (Å²) in [7, 11) is 0. The molecular weight excluding hydrogens is 360 g/mol. The third-order valence-corrected chi connectivity index (χ3v) is 6.86. The van der Waals surface area contributed by atoms with Crippen LogP contribution in [0.2, 0.25) is 0 Å². The molecule has 148 valence electrons. The van der Waals surface area contributed by atoms with Crippen LogP contribution in [0.1, 0.15) is 48.0 Å². The quantitative estimate of drug-likeness (QED) is 0.704. The van der Waals surface area contributed by atoms with Crippen LogP contribution >= 0.6 is 0 Å². The number of likely N-dealkylation sites (tertiary alicyclic amines) is 1. The van der Waals surface area contributed by atoms with E-state index in [1.807, 2.05) is 65.6 Å². The van der Waals surface area contributed by atoms with Gasteiger partial charge in [0, 0.05) is 35.7 Å². The van der Waals surface area contributed by atoms with Crippen molar-refractivity contribution in [1.29, 1.82) is 0 Å². The van der Waals surface area contributed by atoms with E-state index in [1.165, 1.54) is 0 Å². The van der Waals surface area contributed by atoms with Crippen molar-refractivity contribution >= 4 is 16.8 Å². The van der Waals surface area contributed by atoms with E-state index >= 15 is 0 Å². The highest BCUT2D eigenvalue weighted by Crippen LogP contribution is 2.47. The maximum Gasteiger partial charge on any atom is 0.254 e. The fraction of sp³-hybridized carbons (Fsp3) is 0.360. The second-order valence-corrected chi connectivity index (χ2v) is 8.41. The van der Waals surface area contributed by atoms with Crippen LogP contribution in [0.25, 0.3) is 10.9 Å². The van der Waals surface area contributed by atoms with Crippen molar-refractivity contribution in [2.75, 3.05) is 6.54 Å². The summed E-state index contributed by atoms with van der Waals surface area (Å²) in [5, 5.41) is 12.7. The number of hydrogen-bond acceptors (Lipinski definition) is 3. The number of amides is 1. The number of aliphatic hydroxyl groups is 1. The lowest BCUT2D eigenvalue weighted by Crippen LogP contribution is -2.58. The molecule has 4 nitrogen and oxygen atoms in total. The fourth-order valence-corrected chi connectivity index (χ4v) is 5.40. The van der Waals surface area contributed by atoms with Crippen LogP contribution in [-0.2, 0) is 5.60 Å². The number of benzene rings is 2. The second kappa shape index (κ2) is 7.27. The molecule has 1 N–H and O–H groups in total. The Labute approximate surface area is 171 Å². The van der Waals surface area contributed by atoms with Crippen LogP contribution in [-0.4, -0.2) is 33.5 Å². The van der Waals surface area contributed by atoms with Gasteiger partial charge in [0.25, 0.3) is 5.91 Å². The average molecular weight is 386 g/mol. The Bertz CT molecular complexity index is 1040. The van der Waals surface area contributed by atoms with Crippen LogP contribution in [0.5, 0.6) is 0 Å². The van der Waals surface area contributed by atoms with Gasteiger partial charge < -0.3 is 10.0 Å². The molecule has 2 aliphatic rings. The normalized spacial score (nSPS) is 26.9. The summed E-state index contributed by atoms with van der Waals surface area (Å²) in [6.07, 6.45) is 6.49. The number of carbonyl (C=O) groups is 1. The van der Waals surface area contributed by atoms with Crippen LogP contribution in [0, 0.1) is 5.92 Å². The van der Waals surface area contributed by atoms with E-state index in [0.717, 1.165) is 42.1 Å². The average Bonchev–Trinajstić information content (AvgIpc) is 2.79. The molecule has 1 amide bonds. The maximum absolute atomic E-state index is 13.5. The Hall–Kier alpha value is -2.72. The summed E-state index contributed by atoms with van der Waals surface area (Å²) in [5.74, 6) is 0.154. The molecule has 1 aromatic heterocycles. The Morgan fingerprint density at radius 3 is 2.72 bits per heavy atom. The van der Waals surface area contributed by atoms with Crippen molar-refractivity contribution in [2.24, 2.45) is 5.92 Å². The molecule has 3 aromatic rings. The first-order chi connectivity index (χ1) is 14.2. The third-order valence-electron chi connectivity index (χ3n) is 6.86. The van der Waals surface area contributed by atoms with E-state index < -0.39 is 5.60 Å². The molecule has 29 heavy (non-hydrogen) atoms. The van der Waals surface area contributed by atoms with E-state index in [9.17, 15) is 9.90 Å². The van der Waals surface area contributed by atoms with Gasteiger partial charge in [0.1, 0.15) is 0 Å². The van der Waals surface area contributed by atoms with Gasteiger partial charge in [0.2, 0.25) is 0 Å². The zero-order valence-electron chi connectivity index (χ0n) is 16.5. The van der Waals surface area contributed by atoms with Gasteiger partial charge >= 0.3 is 0 Å². The Balaban J connectivity index is 1.47. The molecule has 2 heterocycles. The molecule has 3 unspecified atom stereocenters. The van der Waals surface area contributed by atoms with Crippen LogP contribution in [0.15, 0.2) is 66.9 Å². The lowest BCUT2D eigenvalue weighted by atomic mass is 9.66. The number of piperidine rings is 1. The predicted octanol–water partition coefficient (Wildman–Crippen LogP) is 4.53. The van der Waals surface area contributed by atoms with Gasteiger partial charge in [-0.2, -0.15) is 0 Å². The van der Waals surface area contributed by atoms with Gasteiger partial charge in [-0.15, -0.1) is 0 Å². The molecule has 3 atom stereocenters. The minimum absolute atomic E-state index is 0.0720. The second-order valence-electron chi connectivity index (χ2n) is 8.41. The lowest BCUT2D eigenvalue weighted by molar-refractivity contribution is -0.110. The number of aromatic nitrogens is 1. The fourth-order valence-electron chi connectivity index (χ4n) is 5.40. The standard InChI is InChI=1S/C25H26N2O2/c28-24(19-12-13-22-18(17-19)7-6-15-26-22)27-16-14-25(29,20-8-2-1-3-9-20)21-10-4-5-11-23(21)27/h1-3,6-9,12-13,15,17,21,23,29H,4-5,10-11,14,16H2. The smallest absolute Gasteiger partial charge is 0.254 e.